The van der Waals surface area contributed by atoms with Gasteiger partial charge in [0.15, 0.2) is 0 Å². The van der Waals surface area contributed by atoms with Crippen molar-refractivity contribution in [3.63, 3.8) is 0 Å². The topological polar surface area (TPSA) is 63.7 Å². The van der Waals surface area contributed by atoms with Crippen molar-refractivity contribution in [3.8, 4) is 5.75 Å². The Kier molecular flexibility index (Phi) is 2.65. The summed E-state index contributed by atoms with van der Waals surface area (Å²) in [6.45, 7) is 1.32. The first kappa shape index (κ1) is 14.0. The van der Waals surface area contributed by atoms with Gasteiger partial charge in [0.05, 0.1) is 17.5 Å². The molecule has 1 saturated heterocycles. The Morgan fingerprint density at radius 3 is 2.29 bits per heavy atom. The second-order valence-corrected chi connectivity index (χ2v) is 7.26. The lowest BCUT2D eigenvalue weighted by atomic mass is 9.63. The van der Waals surface area contributed by atoms with E-state index in [4.69, 9.17) is 4.74 Å². The number of rotatable bonds is 2. The van der Waals surface area contributed by atoms with Crippen molar-refractivity contribution in [3.05, 3.63) is 36.4 Å². The van der Waals surface area contributed by atoms with E-state index in [9.17, 15) is 14.4 Å². The fourth-order valence-corrected chi connectivity index (χ4v) is 5.06. The maximum atomic E-state index is 13.0. The SMILES string of the molecule is CC(=O)Oc1cccc(N2C(=O)[C@H]3[C@@H]4C=C[C@H]([C@@H]5C[C@H]45)[C@@H]3C2=O)c1. The van der Waals surface area contributed by atoms with Gasteiger partial charge in [-0.25, -0.2) is 4.90 Å². The van der Waals surface area contributed by atoms with E-state index >= 15 is 0 Å². The molecule has 1 aromatic rings. The van der Waals surface area contributed by atoms with Gasteiger partial charge in [0.2, 0.25) is 11.8 Å². The molecule has 0 aromatic heterocycles. The number of imide groups is 1. The van der Waals surface area contributed by atoms with Crippen molar-refractivity contribution >= 4 is 23.5 Å². The third kappa shape index (κ3) is 1.72. The first-order chi connectivity index (χ1) is 11.6. The molecule has 122 valence electrons. The molecule has 5 aliphatic rings. The molecule has 5 nitrogen and oxygen atoms in total. The summed E-state index contributed by atoms with van der Waals surface area (Å²) in [5, 5.41) is 0. The number of anilines is 1. The van der Waals surface area contributed by atoms with Gasteiger partial charge in [-0.15, -0.1) is 0 Å². The van der Waals surface area contributed by atoms with Gasteiger partial charge in [-0.2, -0.15) is 0 Å². The molecule has 1 heterocycles. The standard InChI is InChI=1S/C19H17NO4/c1-9(21)24-11-4-2-3-10(7-11)20-18(22)16-12-5-6-13(15-8-14(12)15)17(16)19(20)23/h2-7,12-17H,8H2,1H3/t12-,13-,14-,15+,16+,17+/m1/s1. The molecule has 24 heavy (non-hydrogen) atoms. The molecule has 5 heteroatoms. The number of nitrogens with zero attached hydrogens (tertiary/aromatic N) is 1. The average Bonchev–Trinajstić information content (AvgIpc) is 3.31. The van der Waals surface area contributed by atoms with Gasteiger partial charge in [0, 0.05) is 13.0 Å². The normalized spacial score (nSPS) is 38.1. The van der Waals surface area contributed by atoms with Crippen LogP contribution < -0.4 is 9.64 Å². The number of hydrogen-bond donors (Lipinski definition) is 0. The van der Waals surface area contributed by atoms with Crippen LogP contribution in [0.2, 0.25) is 0 Å². The molecule has 1 aromatic carbocycles. The summed E-state index contributed by atoms with van der Waals surface area (Å²) in [6.07, 6.45) is 5.46. The molecule has 0 spiro atoms. The molecule has 2 amide bonds. The summed E-state index contributed by atoms with van der Waals surface area (Å²) in [5.74, 6) is 0.884. The van der Waals surface area contributed by atoms with E-state index < -0.39 is 5.97 Å². The average molecular weight is 323 g/mol. The lowest BCUT2D eigenvalue weighted by Gasteiger charge is -2.37. The van der Waals surface area contributed by atoms with Gasteiger partial charge in [0.1, 0.15) is 5.75 Å². The number of esters is 1. The Hall–Kier alpha value is -2.43. The molecule has 3 fully saturated rings. The first-order valence-corrected chi connectivity index (χ1v) is 8.41. The zero-order valence-electron chi connectivity index (χ0n) is 13.2. The Balaban J connectivity index is 1.51. The second kappa shape index (κ2) is 4.56. The van der Waals surface area contributed by atoms with Crippen molar-refractivity contribution in [2.45, 2.75) is 13.3 Å². The van der Waals surface area contributed by atoms with Crippen molar-refractivity contribution in [2.24, 2.45) is 35.5 Å². The molecular formula is C19H17NO4. The van der Waals surface area contributed by atoms with E-state index in [0.717, 1.165) is 6.42 Å². The minimum Gasteiger partial charge on any atom is -0.427 e. The second-order valence-electron chi connectivity index (χ2n) is 7.26. The van der Waals surface area contributed by atoms with Crippen molar-refractivity contribution in [1.29, 1.82) is 0 Å². The number of carbonyl (C=O) groups is 3. The van der Waals surface area contributed by atoms with Crippen molar-refractivity contribution in [1.82, 2.24) is 0 Å². The maximum absolute atomic E-state index is 13.0. The molecule has 0 N–H and O–H groups in total. The third-order valence-electron chi connectivity index (χ3n) is 6.00. The van der Waals surface area contributed by atoms with E-state index in [1.807, 2.05) is 0 Å². The zero-order valence-corrected chi connectivity index (χ0v) is 13.2. The molecule has 1 aliphatic heterocycles. The Morgan fingerprint density at radius 1 is 1.08 bits per heavy atom. The number of allylic oxidation sites excluding steroid dienone is 2. The molecule has 6 rings (SSSR count). The van der Waals surface area contributed by atoms with Crippen LogP contribution in [-0.4, -0.2) is 17.8 Å². The quantitative estimate of drug-likeness (QED) is 0.362. The van der Waals surface area contributed by atoms with E-state index in [2.05, 4.69) is 12.2 Å². The Bertz CT molecular complexity index is 777. The summed E-state index contributed by atoms with van der Waals surface area (Å²) in [4.78, 5) is 38.4. The van der Waals surface area contributed by atoms with Gasteiger partial charge >= 0.3 is 5.97 Å². The van der Waals surface area contributed by atoms with Gasteiger partial charge in [0.25, 0.3) is 0 Å². The van der Waals surface area contributed by atoms with Crippen LogP contribution in [0.15, 0.2) is 36.4 Å². The lowest BCUT2D eigenvalue weighted by Crippen LogP contribution is -2.40. The third-order valence-corrected chi connectivity index (χ3v) is 6.00. The van der Waals surface area contributed by atoms with E-state index in [0.29, 0.717) is 23.3 Å². The first-order valence-electron chi connectivity index (χ1n) is 8.41. The van der Waals surface area contributed by atoms with Crippen LogP contribution in [0.4, 0.5) is 5.69 Å². The van der Waals surface area contributed by atoms with Crippen LogP contribution in [0, 0.1) is 35.5 Å². The van der Waals surface area contributed by atoms with Crippen LogP contribution in [0.1, 0.15) is 13.3 Å². The number of hydrogen-bond acceptors (Lipinski definition) is 4. The van der Waals surface area contributed by atoms with Crippen molar-refractivity contribution < 1.29 is 19.1 Å². The Labute approximate surface area is 139 Å². The van der Waals surface area contributed by atoms with E-state index in [-0.39, 0.29) is 35.5 Å². The largest absolute Gasteiger partial charge is 0.427 e. The highest BCUT2D eigenvalue weighted by Gasteiger charge is 2.67. The van der Waals surface area contributed by atoms with Gasteiger partial charge < -0.3 is 4.74 Å². The number of ether oxygens (including phenoxy) is 1. The molecule has 2 bridgehead atoms. The predicted molar refractivity (Wildman–Crippen MR) is 84.9 cm³/mol. The van der Waals surface area contributed by atoms with E-state index in [1.54, 1.807) is 24.3 Å². The molecule has 4 aliphatic carbocycles. The van der Waals surface area contributed by atoms with Crippen LogP contribution in [0.25, 0.3) is 0 Å². The van der Waals surface area contributed by atoms with Gasteiger partial charge in [-0.1, -0.05) is 18.2 Å². The zero-order chi connectivity index (χ0) is 16.6. The number of carbonyl (C=O) groups excluding carboxylic acids is 3. The van der Waals surface area contributed by atoms with Crippen LogP contribution >= 0.6 is 0 Å². The fourth-order valence-electron chi connectivity index (χ4n) is 5.06. The summed E-state index contributed by atoms with van der Waals surface area (Å²) in [5.41, 5.74) is 0.492. The fraction of sp³-hybridized carbons (Fsp3) is 0.421. The van der Waals surface area contributed by atoms with Crippen molar-refractivity contribution in [2.75, 3.05) is 4.90 Å². The molecule has 2 saturated carbocycles. The number of benzene rings is 1. The monoisotopic (exact) mass is 323 g/mol. The van der Waals surface area contributed by atoms with Gasteiger partial charge in [-0.3, -0.25) is 14.4 Å². The minimum absolute atomic E-state index is 0.102. The predicted octanol–water partition coefficient (Wildman–Crippen LogP) is 2.17. The highest BCUT2D eigenvalue weighted by Crippen LogP contribution is 2.65. The van der Waals surface area contributed by atoms with Crippen LogP contribution in [-0.2, 0) is 14.4 Å². The molecular weight excluding hydrogens is 306 g/mol. The summed E-state index contributed by atoms with van der Waals surface area (Å²) < 4.78 is 5.08. The summed E-state index contributed by atoms with van der Waals surface area (Å²) in [6, 6.07) is 6.64. The van der Waals surface area contributed by atoms with Crippen LogP contribution in [0.5, 0.6) is 5.75 Å². The smallest absolute Gasteiger partial charge is 0.308 e. The summed E-state index contributed by atoms with van der Waals surface area (Å²) in [7, 11) is 0. The molecule has 6 atom stereocenters. The highest BCUT2D eigenvalue weighted by atomic mass is 16.5. The number of amides is 2. The molecule has 0 radical (unpaired) electrons. The minimum atomic E-state index is -0.428. The molecule has 0 unspecified atom stereocenters. The van der Waals surface area contributed by atoms with Crippen LogP contribution in [0.3, 0.4) is 0 Å². The summed E-state index contributed by atoms with van der Waals surface area (Å²) >= 11 is 0. The maximum Gasteiger partial charge on any atom is 0.308 e. The van der Waals surface area contributed by atoms with E-state index in [1.165, 1.54) is 11.8 Å². The highest BCUT2D eigenvalue weighted by molar-refractivity contribution is 6.22. The lowest BCUT2D eigenvalue weighted by molar-refractivity contribution is -0.132. The Morgan fingerprint density at radius 2 is 1.71 bits per heavy atom. The van der Waals surface area contributed by atoms with Gasteiger partial charge in [-0.05, 0) is 42.2 Å².